The lowest BCUT2D eigenvalue weighted by Gasteiger charge is -2.19. The fraction of sp³-hybridized carbons (Fsp3) is 0.556. The van der Waals surface area contributed by atoms with Gasteiger partial charge in [-0.2, -0.15) is 0 Å². The molecule has 1 aliphatic carbocycles. The van der Waals surface area contributed by atoms with Crippen LogP contribution in [0.1, 0.15) is 38.7 Å². The minimum absolute atomic E-state index is 0.772. The second-order valence-electron chi connectivity index (χ2n) is 6.64. The van der Waals surface area contributed by atoms with Crippen molar-refractivity contribution in [3.05, 3.63) is 35.2 Å². The van der Waals surface area contributed by atoms with Crippen molar-refractivity contribution in [3.63, 3.8) is 0 Å². The number of fused-ring (bicyclic) bond motifs is 1. The van der Waals surface area contributed by atoms with E-state index >= 15 is 0 Å². The van der Waals surface area contributed by atoms with Gasteiger partial charge in [0.25, 0.3) is 0 Å². The lowest BCUT2D eigenvalue weighted by atomic mass is 9.90. The first-order chi connectivity index (χ1) is 9.72. The van der Waals surface area contributed by atoms with Crippen molar-refractivity contribution >= 4 is 21.4 Å². The molecule has 0 spiro atoms. The average Bonchev–Trinajstić information content (AvgIpc) is 3.17. The zero-order valence-corrected chi connectivity index (χ0v) is 13.4. The molecule has 0 saturated heterocycles. The topological polar surface area (TPSA) is 12.0 Å². The Kier molecular flexibility index (Phi) is 4.42. The molecule has 1 nitrogen and oxygen atoms in total. The van der Waals surface area contributed by atoms with E-state index in [-0.39, 0.29) is 0 Å². The Labute approximate surface area is 126 Å². The fourth-order valence-electron chi connectivity index (χ4n) is 3.03. The van der Waals surface area contributed by atoms with Crippen LogP contribution in [0.3, 0.4) is 0 Å². The summed E-state index contributed by atoms with van der Waals surface area (Å²) in [5, 5.41) is 7.57. The first kappa shape index (κ1) is 14.1. The van der Waals surface area contributed by atoms with E-state index in [0.29, 0.717) is 0 Å². The van der Waals surface area contributed by atoms with Gasteiger partial charge in [-0.1, -0.05) is 32.0 Å². The van der Waals surface area contributed by atoms with Gasteiger partial charge in [0.15, 0.2) is 0 Å². The van der Waals surface area contributed by atoms with E-state index in [1.54, 1.807) is 5.56 Å². The third-order valence-corrected chi connectivity index (χ3v) is 5.16. The van der Waals surface area contributed by atoms with Gasteiger partial charge in [0.1, 0.15) is 0 Å². The number of hydrogen-bond donors (Lipinski definition) is 1. The molecule has 1 atom stereocenters. The first-order valence-corrected chi connectivity index (χ1v) is 8.79. The fourth-order valence-corrected chi connectivity index (χ4v) is 4.00. The van der Waals surface area contributed by atoms with Crippen molar-refractivity contribution < 1.29 is 0 Å². The Bertz CT molecular complexity index is 553. The summed E-state index contributed by atoms with van der Waals surface area (Å²) >= 11 is 1.89. The molecule has 2 heteroatoms. The van der Waals surface area contributed by atoms with Crippen molar-refractivity contribution in [2.75, 3.05) is 6.54 Å². The zero-order chi connectivity index (χ0) is 13.9. The predicted octanol–water partition coefficient (Wildman–Crippen LogP) is 4.86. The summed E-state index contributed by atoms with van der Waals surface area (Å²) in [4.78, 5) is 0. The second-order valence-corrected chi connectivity index (χ2v) is 7.55. The highest BCUT2D eigenvalue weighted by Gasteiger charge is 2.22. The minimum atomic E-state index is 0.772. The summed E-state index contributed by atoms with van der Waals surface area (Å²) in [7, 11) is 0. The van der Waals surface area contributed by atoms with Crippen LogP contribution in [-0.2, 0) is 6.42 Å². The molecular weight excluding hydrogens is 262 g/mol. The third-order valence-electron chi connectivity index (χ3n) is 4.15. The van der Waals surface area contributed by atoms with Crippen LogP contribution in [0, 0.1) is 11.8 Å². The summed E-state index contributed by atoms with van der Waals surface area (Å²) in [5.41, 5.74) is 1.55. The van der Waals surface area contributed by atoms with Gasteiger partial charge in [-0.15, -0.1) is 11.3 Å². The van der Waals surface area contributed by atoms with Crippen LogP contribution >= 0.6 is 11.3 Å². The molecule has 1 aliphatic rings. The molecule has 2 aromatic rings. The van der Waals surface area contributed by atoms with Crippen LogP contribution in [0.2, 0.25) is 0 Å². The van der Waals surface area contributed by atoms with Crippen LogP contribution in [0.15, 0.2) is 29.6 Å². The van der Waals surface area contributed by atoms with E-state index in [4.69, 9.17) is 0 Å². The van der Waals surface area contributed by atoms with Gasteiger partial charge in [0.05, 0.1) is 0 Å². The Morgan fingerprint density at radius 2 is 2.05 bits per heavy atom. The molecule has 0 bridgehead atoms. The highest BCUT2D eigenvalue weighted by Crippen LogP contribution is 2.29. The molecule has 1 unspecified atom stereocenters. The molecule has 0 amide bonds. The van der Waals surface area contributed by atoms with E-state index in [0.717, 1.165) is 17.9 Å². The summed E-state index contributed by atoms with van der Waals surface area (Å²) < 4.78 is 1.43. The summed E-state index contributed by atoms with van der Waals surface area (Å²) in [5.74, 6) is 1.56. The molecule has 1 aromatic heterocycles. The van der Waals surface area contributed by atoms with E-state index in [9.17, 15) is 0 Å². The molecule has 1 fully saturated rings. The zero-order valence-electron chi connectivity index (χ0n) is 12.6. The molecule has 1 heterocycles. The van der Waals surface area contributed by atoms with Crippen molar-refractivity contribution in [2.24, 2.45) is 11.8 Å². The standard InChI is InChI=1S/C18H25NS/c1-13(2)9-14(11-19-16-7-8-16)10-15-12-20-18-6-4-3-5-17(15)18/h3-6,12-14,16,19H,7-11H2,1-2H3. The van der Waals surface area contributed by atoms with Crippen molar-refractivity contribution in [1.29, 1.82) is 0 Å². The second kappa shape index (κ2) is 6.28. The van der Waals surface area contributed by atoms with Gasteiger partial charge in [0, 0.05) is 10.7 Å². The Balaban J connectivity index is 1.70. The Hall–Kier alpha value is -0.860. The van der Waals surface area contributed by atoms with Gasteiger partial charge in [0.2, 0.25) is 0 Å². The van der Waals surface area contributed by atoms with Crippen LogP contribution < -0.4 is 5.32 Å². The van der Waals surface area contributed by atoms with Crippen molar-refractivity contribution in [1.82, 2.24) is 5.32 Å². The van der Waals surface area contributed by atoms with Gasteiger partial charge in [-0.25, -0.2) is 0 Å². The van der Waals surface area contributed by atoms with Crippen LogP contribution in [0.4, 0.5) is 0 Å². The van der Waals surface area contributed by atoms with Gasteiger partial charge in [-0.05, 0) is 66.5 Å². The molecule has 1 saturated carbocycles. The maximum atomic E-state index is 3.73. The quantitative estimate of drug-likeness (QED) is 0.767. The maximum Gasteiger partial charge on any atom is 0.0345 e. The maximum absolute atomic E-state index is 3.73. The van der Waals surface area contributed by atoms with Crippen molar-refractivity contribution in [2.45, 2.75) is 45.6 Å². The Morgan fingerprint density at radius 1 is 1.25 bits per heavy atom. The molecule has 20 heavy (non-hydrogen) atoms. The molecule has 3 rings (SSSR count). The average molecular weight is 287 g/mol. The summed E-state index contributed by atoms with van der Waals surface area (Å²) in [6.07, 6.45) is 5.32. The third kappa shape index (κ3) is 3.62. The highest BCUT2D eigenvalue weighted by molar-refractivity contribution is 7.17. The molecule has 108 valence electrons. The number of hydrogen-bond acceptors (Lipinski definition) is 2. The lowest BCUT2D eigenvalue weighted by molar-refractivity contribution is 0.385. The highest BCUT2D eigenvalue weighted by atomic mass is 32.1. The molecule has 0 aliphatic heterocycles. The molecule has 0 radical (unpaired) electrons. The van der Waals surface area contributed by atoms with E-state index in [2.05, 4.69) is 48.8 Å². The number of benzene rings is 1. The minimum Gasteiger partial charge on any atom is -0.314 e. The van der Waals surface area contributed by atoms with Crippen molar-refractivity contribution in [3.8, 4) is 0 Å². The number of thiophene rings is 1. The van der Waals surface area contributed by atoms with Gasteiger partial charge >= 0.3 is 0 Å². The summed E-state index contributed by atoms with van der Waals surface area (Å²) in [6, 6.07) is 9.65. The lowest BCUT2D eigenvalue weighted by Crippen LogP contribution is -2.27. The van der Waals surface area contributed by atoms with E-state index < -0.39 is 0 Å². The normalized spacial score (nSPS) is 16.9. The predicted molar refractivity (Wildman–Crippen MR) is 89.5 cm³/mol. The number of rotatable bonds is 7. The van der Waals surface area contributed by atoms with E-state index in [1.165, 1.54) is 42.3 Å². The monoisotopic (exact) mass is 287 g/mol. The van der Waals surface area contributed by atoms with Crippen LogP contribution in [-0.4, -0.2) is 12.6 Å². The van der Waals surface area contributed by atoms with Gasteiger partial charge < -0.3 is 5.32 Å². The van der Waals surface area contributed by atoms with Crippen LogP contribution in [0.25, 0.3) is 10.1 Å². The summed E-state index contributed by atoms with van der Waals surface area (Å²) in [6.45, 7) is 5.87. The molecule has 1 N–H and O–H groups in total. The number of nitrogens with one attached hydrogen (secondary N) is 1. The largest absolute Gasteiger partial charge is 0.314 e. The SMILES string of the molecule is CC(C)CC(CNC1CC1)Cc1csc2ccccc12. The molecule has 1 aromatic carbocycles. The smallest absolute Gasteiger partial charge is 0.0345 e. The van der Waals surface area contributed by atoms with E-state index in [1.807, 2.05) is 11.3 Å². The van der Waals surface area contributed by atoms with Crippen LogP contribution in [0.5, 0.6) is 0 Å². The Morgan fingerprint density at radius 3 is 2.80 bits per heavy atom. The first-order valence-electron chi connectivity index (χ1n) is 7.91. The van der Waals surface area contributed by atoms with Gasteiger partial charge in [-0.3, -0.25) is 0 Å². The molecular formula is C18H25NS.